The molecule has 3 N–H and O–H groups in total. The van der Waals surface area contributed by atoms with Gasteiger partial charge < -0.3 is 11.1 Å². The third kappa shape index (κ3) is 4.56. The zero-order valence-electron chi connectivity index (χ0n) is 13.7. The second kappa shape index (κ2) is 7.15. The van der Waals surface area contributed by atoms with Crippen molar-refractivity contribution >= 4 is 17.5 Å². The SMILES string of the molecule is CC(C)CC(C)(CN)NC(=O)c1cnn(-c2cccc(Cl)c2)c1. The van der Waals surface area contributed by atoms with Crippen LogP contribution < -0.4 is 11.1 Å². The molecule has 0 aliphatic rings. The van der Waals surface area contributed by atoms with Crippen molar-refractivity contribution in [2.75, 3.05) is 6.54 Å². The molecule has 0 bridgehead atoms. The maximum absolute atomic E-state index is 12.5. The predicted molar refractivity (Wildman–Crippen MR) is 93.0 cm³/mol. The topological polar surface area (TPSA) is 72.9 Å². The van der Waals surface area contributed by atoms with Crippen molar-refractivity contribution in [1.82, 2.24) is 15.1 Å². The summed E-state index contributed by atoms with van der Waals surface area (Å²) < 4.78 is 1.63. The quantitative estimate of drug-likeness (QED) is 0.852. The number of rotatable bonds is 6. The summed E-state index contributed by atoms with van der Waals surface area (Å²) in [7, 11) is 0. The van der Waals surface area contributed by atoms with E-state index in [9.17, 15) is 4.79 Å². The van der Waals surface area contributed by atoms with Crippen LogP contribution in [0.3, 0.4) is 0 Å². The number of hydrogen-bond acceptors (Lipinski definition) is 3. The van der Waals surface area contributed by atoms with Crippen molar-refractivity contribution in [3.05, 3.63) is 47.2 Å². The second-order valence-corrected chi connectivity index (χ2v) is 6.91. The Bertz CT molecular complexity index is 683. The number of carbonyl (C=O) groups is 1. The van der Waals surface area contributed by atoms with Gasteiger partial charge >= 0.3 is 0 Å². The van der Waals surface area contributed by atoms with Crippen LogP contribution in [0.25, 0.3) is 5.69 Å². The van der Waals surface area contributed by atoms with Crippen molar-refractivity contribution in [3.8, 4) is 5.69 Å². The first-order chi connectivity index (χ1) is 10.8. The lowest BCUT2D eigenvalue weighted by atomic mass is 9.90. The highest BCUT2D eigenvalue weighted by atomic mass is 35.5. The summed E-state index contributed by atoms with van der Waals surface area (Å²) in [5.74, 6) is 0.268. The van der Waals surface area contributed by atoms with Crippen LogP contribution >= 0.6 is 11.6 Å². The average molecular weight is 335 g/mol. The summed E-state index contributed by atoms with van der Waals surface area (Å²) in [5, 5.41) is 7.88. The summed E-state index contributed by atoms with van der Waals surface area (Å²) in [6.45, 7) is 6.57. The van der Waals surface area contributed by atoms with Gasteiger partial charge in [-0.05, 0) is 37.5 Å². The third-order valence-corrected chi connectivity index (χ3v) is 3.88. The highest BCUT2D eigenvalue weighted by molar-refractivity contribution is 6.30. The summed E-state index contributed by atoms with van der Waals surface area (Å²) in [5.41, 5.74) is 6.72. The summed E-state index contributed by atoms with van der Waals surface area (Å²) >= 11 is 5.98. The molecule has 1 atom stereocenters. The van der Waals surface area contributed by atoms with E-state index >= 15 is 0 Å². The number of nitrogens with two attached hydrogens (primary N) is 1. The Labute approximate surface area is 141 Å². The number of nitrogens with zero attached hydrogens (tertiary/aromatic N) is 2. The van der Waals surface area contributed by atoms with Gasteiger partial charge in [0.05, 0.1) is 17.4 Å². The molecule has 23 heavy (non-hydrogen) atoms. The van der Waals surface area contributed by atoms with Crippen LogP contribution in [-0.4, -0.2) is 27.8 Å². The molecule has 5 nitrogen and oxygen atoms in total. The third-order valence-electron chi connectivity index (χ3n) is 3.64. The van der Waals surface area contributed by atoms with Crippen LogP contribution in [0, 0.1) is 5.92 Å². The Balaban J connectivity index is 2.15. The Hall–Kier alpha value is -1.85. The van der Waals surface area contributed by atoms with Crippen LogP contribution in [0.4, 0.5) is 0 Å². The number of hydrogen-bond donors (Lipinski definition) is 2. The van der Waals surface area contributed by atoms with Crippen LogP contribution in [0.2, 0.25) is 5.02 Å². The standard InChI is InChI=1S/C17H23ClN4O/c1-12(2)8-17(3,11-19)21-16(23)13-9-20-22(10-13)15-6-4-5-14(18)7-15/h4-7,9-10,12H,8,11,19H2,1-3H3,(H,21,23). The Morgan fingerprint density at radius 3 is 2.83 bits per heavy atom. The fourth-order valence-electron chi connectivity index (χ4n) is 2.63. The Morgan fingerprint density at radius 1 is 1.48 bits per heavy atom. The molecule has 1 unspecified atom stereocenters. The second-order valence-electron chi connectivity index (χ2n) is 6.47. The van der Waals surface area contributed by atoms with Gasteiger partial charge in [0.2, 0.25) is 0 Å². The van der Waals surface area contributed by atoms with E-state index in [0.717, 1.165) is 12.1 Å². The van der Waals surface area contributed by atoms with E-state index in [1.807, 2.05) is 19.1 Å². The summed E-state index contributed by atoms with van der Waals surface area (Å²) in [6.07, 6.45) is 4.05. The number of carbonyl (C=O) groups excluding carboxylic acids is 1. The number of aromatic nitrogens is 2. The minimum atomic E-state index is -0.427. The van der Waals surface area contributed by atoms with Gasteiger partial charge in [-0.3, -0.25) is 4.79 Å². The lowest BCUT2D eigenvalue weighted by Crippen LogP contribution is -2.52. The van der Waals surface area contributed by atoms with Crippen molar-refractivity contribution in [1.29, 1.82) is 0 Å². The van der Waals surface area contributed by atoms with E-state index in [1.54, 1.807) is 29.2 Å². The van der Waals surface area contributed by atoms with Crippen molar-refractivity contribution < 1.29 is 4.79 Å². The molecule has 2 rings (SSSR count). The predicted octanol–water partition coefficient (Wildman–Crippen LogP) is 3.02. The maximum Gasteiger partial charge on any atom is 0.254 e. The molecule has 0 aliphatic carbocycles. The van der Waals surface area contributed by atoms with Crippen LogP contribution in [0.1, 0.15) is 37.6 Å². The highest BCUT2D eigenvalue weighted by Crippen LogP contribution is 2.17. The van der Waals surface area contributed by atoms with Gasteiger partial charge in [0.15, 0.2) is 0 Å². The van der Waals surface area contributed by atoms with E-state index in [-0.39, 0.29) is 5.91 Å². The first kappa shape index (κ1) is 17.5. The molecular weight excluding hydrogens is 312 g/mol. The molecule has 0 fully saturated rings. The minimum Gasteiger partial charge on any atom is -0.346 e. The van der Waals surface area contributed by atoms with E-state index in [4.69, 9.17) is 17.3 Å². The number of benzene rings is 1. The fourth-order valence-corrected chi connectivity index (χ4v) is 2.82. The highest BCUT2D eigenvalue weighted by Gasteiger charge is 2.26. The average Bonchev–Trinajstić information content (AvgIpc) is 2.96. The van der Waals surface area contributed by atoms with Gasteiger partial charge in [0, 0.05) is 23.3 Å². The Kier molecular flexibility index (Phi) is 5.44. The normalized spacial score (nSPS) is 13.8. The molecule has 6 heteroatoms. The zero-order chi connectivity index (χ0) is 17.0. The van der Waals surface area contributed by atoms with Crippen molar-refractivity contribution in [2.24, 2.45) is 11.7 Å². The number of halogens is 1. The minimum absolute atomic E-state index is 0.174. The molecule has 124 valence electrons. The van der Waals surface area contributed by atoms with E-state index < -0.39 is 5.54 Å². The smallest absolute Gasteiger partial charge is 0.254 e. The van der Waals surface area contributed by atoms with Crippen LogP contribution in [-0.2, 0) is 0 Å². The Morgan fingerprint density at radius 2 is 2.22 bits per heavy atom. The van der Waals surface area contributed by atoms with Gasteiger partial charge in [0.25, 0.3) is 5.91 Å². The van der Waals surface area contributed by atoms with Gasteiger partial charge in [-0.15, -0.1) is 0 Å². The molecule has 2 aromatic rings. The number of amides is 1. The first-order valence-electron chi connectivity index (χ1n) is 7.66. The molecular formula is C17H23ClN4O. The molecule has 0 spiro atoms. The zero-order valence-corrected chi connectivity index (χ0v) is 14.5. The van der Waals surface area contributed by atoms with Gasteiger partial charge in [-0.2, -0.15) is 5.10 Å². The molecule has 1 amide bonds. The molecule has 1 heterocycles. The van der Waals surface area contributed by atoms with Crippen LogP contribution in [0.5, 0.6) is 0 Å². The van der Waals surface area contributed by atoms with Gasteiger partial charge in [0.1, 0.15) is 0 Å². The van der Waals surface area contributed by atoms with Crippen molar-refractivity contribution in [2.45, 2.75) is 32.7 Å². The summed E-state index contributed by atoms with van der Waals surface area (Å²) in [6, 6.07) is 7.30. The van der Waals surface area contributed by atoms with E-state index in [2.05, 4.69) is 24.3 Å². The summed E-state index contributed by atoms with van der Waals surface area (Å²) in [4.78, 5) is 12.5. The van der Waals surface area contributed by atoms with E-state index in [0.29, 0.717) is 23.0 Å². The lowest BCUT2D eigenvalue weighted by molar-refractivity contribution is 0.0898. The first-order valence-corrected chi connectivity index (χ1v) is 8.04. The van der Waals surface area contributed by atoms with Crippen LogP contribution in [0.15, 0.2) is 36.7 Å². The molecule has 0 aliphatic heterocycles. The molecule has 0 saturated carbocycles. The number of nitrogens with one attached hydrogen (secondary N) is 1. The van der Waals surface area contributed by atoms with Crippen molar-refractivity contribution in [3.63, 3.8) is 0 Å². The largest absolute Gasteiger partial charge is 0.346 e. The monoisotopic (exact) mass is 334 g/mol. The van der Waals surface area contributed by atoms with Gasteiger partial charge in [-0.1, -0.05) is 31.5 Å². The molecule has 0 radical (unpaired) electrons. The molecule has 1 aromatic carbocycles. The lowest BCUT2D eigenvalue weighted by Gasteiger charge is -2.31. The molecule has 0 saturated heterocycles. The van der Waals surface area contributed by atoms with Gasteiger partial charge in [-0.25, -0.2) is 4.68 Å². The fraction of sp³-hybridized carbons (Fsp3) is 0.412. The van der Waals surface area contributed by atoms with E-state index in [1.165, 1.54) is 0 Å². The molecule has 1 aromatic heterocycles. The maximum atomic E-state index is 12.5.